The Bertz CT molecular complexity index is 447. The number of carbonyl (C=O) groups excluding carboxylic acids is 1. The summed E-state index contributed by atoms with van der Waals surface area (Å²) in [6, 6.07) is 1.39. The number of halogens is 3. The van der Waals surface area contributed by atoms with Crippen molar-refractivity contribution in [3.05, 3.63) is 10.6 Å². The molecule has 0 saturated carbocycles. The lowest BCUT2D eigenvalue weighted by atomic mass is 10.4. The first-order valence-corrected chi connectivity index (χ1v) is 4.67. The van der Waals surface area contributed by atoms with Crippen molar-refractivity contribution >= 4 is 22.4 Å². The number of nitrogens with zero attached hydrogens (tertiary/aromatic N) is 2. The van der Waals surface area contributed by atoms with Gasteiger partial charge in [0, 0.05) is 6.92 Å². The highest BCUT2D eigenvalue weighted by Gasteiger charge is 2.37. The van der Waals surface area contributed by atoms with Gasteiger partial charge in [0.25, 0.3) is 0 Å². The predicted octanol–water partition coefficient (Wildman–Crippen LogP) is 1.50. The summed E-state index contributed by atoms with van der Waals surface area (Å²) in [5.74, 6) is -0.484. The molecule has 86 valence electrons. The minimum Gasteiger partial charge on any atom is -0.274 e. The van der Waals surface area contributed by atoms with Crippen molar-refractivity contribution in [3.8, 4) is 6.07 Å². The lowest BCUT2D eigenvalue weighted by Gasteiger charge is -2.02. The minimum absolute atomic E-state index is 0.195. The highest BCUT2D eigenvalue weighted by atomic mass is 32.1. The molecule has 0 aliphatic rings. The van der Waals surface area contributed by atoms with Crippen LogP contribution in [0.2, 0.25) is 0 Å². The summed E-state index contributed by atoms with van der Waals surface area (Å²) in [5.41, 5.74) is 2.97. The highest BCUT2D eigenvalue weighted by molar-refractivity contribution is 7.16. The van der Waals surface area contributed by atoms with Gasteiger partial charge < -0.3 is 0 Å². The van der Waals surface area contributed by atoms with E-state index >= 15 is 0 Å². The number of hydrogen-bond acceptors (Lipinski definition) is 5. The van der Waals surface area contributed by atoms with Crippen LogP contribution >= 0.6 is 11.3 Å². The summed E-state index contributed by atoms with van der Waals surface area (Å²) >= 11 is 0.510. The number of rotatable bonds is 2. The SMILES string of the molecule is CC(=O)NNc1nc(C(F)(F)F)c(C#N)s1. The average Bonchev–Trinajstić information content (AvgIpc) is 2.57. The molecule has 0 radical (unpaired) electrons. The molecular formula is C7H5F3N4OS. The topological polar surface area (TPSA) is 77.8 Å². The molecule has 0 atom stereocenters. The number of carbonyl (C=O) groups is 1. The van der Waals surface area contributed by atoms with E-state index in [9.17, 15) is 18.0 Å². The van der Waals surface area contributed by atoms with Gasteiger partial charge in [-0.15, -0.1) is 0 Å². The molecule has 1 aromatic heterocycles. The number of anilines is 1. The zero-order valence-electron chi connectivity index (χ0n) is 7.84. The van der Waals surface area contributed by atoms with Crippen molar-refractivity contribution in [1.29, 1.82) is 5.26 Å². The van der Waals surface area contributed by atoms with Gasteiger partial charge in [0.1, 0.15) is 10.9 Å². The van der Waals surface area contributed by atoms with Crippen LogP contribution < -0.4 is 10.9 Å². The molecule has 0 fully saturated rings. The highest BCUT2D eigenvalue weighted by Crippen LogP contribution is 2.35. The second-order valence-corrected chi connectivity index (χ2v) is 3.61. The molecule has 0 spiro atoms. The molecule has 0 aromatic carbocycles. The second kappa shape index (κ2) is 4.36. The van der Waals surface area contributed by atoms with Crippen LogP contribution in [0.3, 0.4) is 0 Å². The van der Waals surface area contributed by atoms with Gasteiger partial charge in [0.2, 0.25) is 11.0 Å². The van der Waals surface area contributed by atoms with Crippen molar-refractivity contribution in [2.45, 2.75) is 13.1 Å². The van der Waals surface area contributed by atoms with Crippen molar-refractivity contribution in [1.82, 2.24) is 10.4 Å². The van der Waals surface area contributed by atoms with Crippen LogP contribution in [0.1, 0.15) is 17.5 Å². The Morgan fingerprint density at radius 1 is 1.56 bits per heavy atom. The third-order valence-electron chi connectivity index (χ3n) is 1.34. The molecule has 0 bridgehead atoms. The Labute approximate surface area is 91.9 Å². The van der Waals surface area contributed by atoms with Crippen LogP contribution in [-0.2, 0) is 11.0 Å². The summed E-state index contributed by atoms with van der Waals surface area (Å²) in [4.78, 5) is 13.1. The van der Waals surface area contributed by atoms with Crippen molar-refractivity contribution in [2.75, 3.05) is 5.43 Å². The van der Waals surface area contributed by atoms with Crippen LogP contribution in [0.5, 0.6) is 0 Å². The van der Waals surface area contributed by atoms with Gasteiger partial charge in [-0.3, -0.25) is 15.6 Å². The standard InChI is InChI=1S/C7H5F3N4OS/c1-3(15)13-14-6-12-5(7(8,9)10)4(2-11)16-6/h1H3,(H,12,14)(H,13,15). The molecule has 0 unspecified atom stereocenters. The third-order valence-corrected chi connectivity index (χ3v) is 2.22. The molecule has 5 nitrogen and oxygen atoms in total. The van der Waals surface area contributed by atoms with Crippen LogP contribution in [0.4, 0.5) is 18.3 Å². The number of aromatic nitrogens is 1. The summed E-state index contributed by atoms with van der Waals surface area (Å²) in [6.45, 7) is 1.18. The fourth-order valence-corrected chi connectivity index (χ4v) is 1.52. The van der Waals surface area contributed by atoms with Gasteiger partial charge >= 0.3 is 6.18 Å². The molecule has 1 rings (SSSR count). The average molecular weight is 250 g/mol. The molecule has 2 N–H and O–H groups in total. The van der Waals surface area contributed by atoms with Gasteiger partial charge in [-0.1, -0.05) is 11.3 Å². The van der Waals surface area contributed by atoms with Crippen LogP contribution in [0.15, 0.2) is 0 Å². The zero-order valence-corrected chi connectivity index (χ0v) is 8.66. The molecular weight excluding hydrogens is 245 g/mol. The smallest absolute Gasteiger partial charge is 0.274 e. The Hall–Kier alpha value is -1.82. The number of nitriles is 1. The summed E-state index contributed by atoms with van der Waals surface area (Å²) in [5, 5.41) is 8.28. The molecule has 1 amide bonds. The maximum Gasteiger partial charge on any atom is 0.435 e. The number of nitrogens with one attached hydrogen (secondary N) is 2. The first-order chi connectivity index (χ1) is 7.34. The monoisotopic (exact) mass is 250 g/mol. The normalized spacial score (nSPS) is 10.7. The lowest BCUT2D eigenvalue weighted by molar-refractivity contribution is -0.140. The van der Waals surface area contributed by atoms with Crippen molar-refractivity contribution in [2.24, 2.45) is 0 Å². The van der Waals surface area contributed by atoms with Crippen LogP contribution in [-0.4, -0.2) is 10.9 Å². The Balaban J connectivity index is 2.96. The van der Waals surface area contributed by atoms with E-state index in [1.165, 1.54) is 13.0 Å². The number of amides is 1. The Morgan fingerprint density at radius 3 is 2.56 bits per heavy atom. The molecule has 1 aromatic rings. The van der Waals surface area contributed by atoms with Gasteiger partial charge in [0.05, 0.1) is 0 Å². The molecule has 0 aliphatic heterocycles. The van der Waals surface area contributed by atoms with E-state index in [4.69, 9.17) is 5.26 Å². The largest absolute Gasteiger partial charge is 0.435 e. The molecule has 0 aliphatic carbocycles. The molecule has 16 heavy (non-hydrogen) atoms. The number of alkyl halides is 3. The summed E-state index contributed by atoms with van der Waals surface area (Å²) in [7, 11) is 0. The lowest BCUT2D eigenvalue weighted by Crippen LogP contribution is -2.26. The molecule has 9 heteroatoms. The Morgan fingerprint density at radius 2 is 2.19 bits per heavy atom. The van der Waals surface area contributed by atoms with Gasteiger partial charge in [-0.2, -0.15) is 18.4 Å². The summed E-state index contributed by atoms with van der Waals surface area (Å²) < 4.78 is 37.0. The van der Waals surface area contributed by atoms with Gasteiger partial charge in [0.15, 0.2) is 5.69 Å². The fourth-order valence-electron chi connectivity index (χ4n) is 0.783. The van der Waals surface area contributed by atoms with Gasteiger partial charge in [-0.05, 0) is 0 Å². The number of thiazole rings is 1. The van der Waals surface area contributed by atoms with Crippen LogP contribution in [0.25, 0.3) is 0 Å². The van der Waals surface area contributed by atoms with Crippen LogP contribution in [0, 0.1) is 11.3 Å². The zero-order chi connectivity index (χ0) is 12.3. The van der Waals surface area contributed by atoms with Crippen molar-refractivity contribution < 1.29 is 18.0 Å². The Kier molecular flexibility index (Phi) is 3.34. The second-order valence-electron chi connectivity index (χ2n) is 2.61. The summed E-state index contributed by atoms with van der Waals surface area (Å²) in [6.07, 6.45) is -4.68. The van der Waals surface area contributed by atoms with E-state index in [0.717, 1.165) is 0 Å². The minimum atomic E-state index is -4.68. The number of hydrazine groups is 1. The maximum atomic E-state index is 12.3. The predicted molar refractivity (Wildman–Crippen MR) is 49.3 cm³/mol. The van der Waals surface area contributed by atoms with Gasteiger partial charge in [-0.25, -0.2) is 4.98 Å². The number of hydrogen-bond donors (Lipinski definition) is 2. The van der Waals surface area contributed by atoms with E-state index < -0.39 is 22.7 Å². The van der Waals surface area contributed by atoms with E-state index in [0.29, 0.717) is 11.3 Å². The van der Waals surface area contributed by atoms with E-state index in [2.05, 4.69) is 15.8 Å². The first-order valence-electron chi connectivity index (χ1n) is 3.85. The molecule has 0 saturated heterocycles. The van der Waals surface area contributed by atoms with Crippen molar-refractivity contribution in [3.63, 3.8) is 0 Å². The van der Waals surface area contributed by atoms with E-state index in [1.54, 1.807) is 0 Å². The third kappa shape index (κ3) is 2.83. The van der Waals surface area contributed by atoms with E-state index in [-0.39, 0.29) is 5.13 Å². The molecule has 1 heterocycles. The maximum absolute atomic E-state index is 12.3. The van der Waals surface area contributed by atoms with E-state index in [1.807, 2.05) is 0 Å². The first kappa shape index (κ1) is 12.3. The quantitative estimate of drug-likeness (QED) is 0.779. The fraction of sp³-hybridized carbons (Fsp3) is 0.286.